The lowest BCUT2D eigenvalue weighted by Crippen LogP contribution is -2.44. The molecule has 2 N–H and O–H groups in total. The smallest absolute Gasteiger partial charge is 0.0757 e. The maximum atomic E-state index is 6.48. The Morgan fingerprint density at radius 2 is 1.80 bits per heavy atom. The third kappa shape index (κ3) is 4.32. The van der Waals surface area contributed by atoms with Crippen LogP contribution in [0.4, 0.5) is 0 Å². The molecule has 1 saturated carbocycles. The van der Waals surface area contributed by atoms with Crippen molar-refractivity contribution in [1.29, 1.82) is 0 Å². The Kier molecular flexibility index (Phi) is 6.06. The summed E-state index contributed by atoms with van der Waals surface area (Å²) in [6, 6.07) is 8.83. The van der Waals surface area contributed by atoms with Gasteiger partial charge >= 0.3 is 0 Å². The molecule has 2 atom stereocenters. The van der Waals surface area contributed by atoms with Gasteiger partial charge in [0.2, 0.25) is 0 Å². The van der Waals surface area contributed by atoms with Gasteiger partial charge in [-0.1, -0.05) is 49.1 Å². The molecule has 1 aliphatic carbocycles. The first-order chi connectivity index (χ1) is 9.70. The highest BCUT2D eigenvalue weighted by Crippen LogP contribution is 2.29. The van der Waals surface area contributed by atoms with Gasteiger partial charge in [-0.25, -0.2) is 0 Å². The number of benzene rings is 1. The molecule has 0 bridgehead atoms. The monoisotopic (exact) mass is 275 g/mol. The molecular weight excluding hydrogens is 246 g/mol. The lowest BCUT2D eigenvalue weighted by molar-refractivity contribution is -0.00912. The lowest BCUT2D eigenvalue weighted by atomic mass is 9.81. The number of nitrogens with two attached hydrogens (primary N) is 1. The van der Waals surface area contributed by atoms with E-state index in [1.54, 1.807) is 0 Å². The molecule has 1 fully saturated rings. The summed E-state index contributed by atoms with van der Waals surface area (Å²) < 4.78 is 6.01. The second-order valence-corrected chi connectivity index (χ2v) is 6.17. The molecule has 1 aromatic rings. The molecule has 1 aliphatic rings. The van der Waals surface area contributed by atoms with Crippen LogP contribution >= 0.6 is 0 Å². The van der Waals surface area contributed by atoms with Crippen molar-refractivity contribution < 1.29 is 4.74 Å². The van der Waals surface area contributed by atoms with Gasteiger partial charge in [0.05, 0.1) is 6.10 Å². The average Bonchev–Trinajstić information content (AvgIpc) is 2.48. The van der Waals surface area contributed by atoms with Gasteiger partial charge in [-0.15, -0.1) is 0 Å². The highest BCUT2D eigenvalue weighted by molar-refractivity contribution is 5.22. The number of rotatable bonds is 6. The van der Waals surface area contributed by atoms with Gasteiger partial charge in [0.1, 0.15) is 0 Å². The van der Waals surface area contributed by atoms with Crippen LogP contribution in [0.5, 0.6) is 0 Å². The van der Waals surface area contributed by atoms with Crippen LogP contribution in [-0.4, -0.2) is 18.8 Å². The summed E-state index contributed by atoms with van der Waals surface area (Å²) in [4.78, 5) is 0. The molecule has 2 heteroatoms. The van der Waals surface area contributed by atoms with Gasteiger partial charge in [-0.05, 0) is 44.6 Å². The van der Waals surface area contributed by atoms with E-state index in [-0.39, 0.29) is 12.1 Å². The number of hydrogen-bond acceptors (Lipinski definition) is 2. The second kappa shape index (κ2) is 7.80. The quantitative estimate of drug-likeness (QED) is 0.856. The molecule has 0 aliphatic heterocycles. The number of ether oxygens (including phenoxy) is 1. The fourth-order valence-corrected chi connectivity index (χ4v) is 3.38. The van der Waals surface area contributed by atoms with Crippen LogP contribution < -0.4 is 5.73 Å². The maximum Gasteiger partial charge on any atom is 0.0757 e. The molecule has 0 spiro atoms. The highest BCUT2D eigenvalue weighted by Gasteiger charge is 2.29. The van der Waals surface area contributed by atoms with Crippen LogP contribution in [0.2, 0.25) is 0 Å². The van der Waals surface area contributed by atoms with Gasteiger partial charge in [-0.2, -0.15) is 0 Å². The van der Waals surface area contributed by atoms with E-state index in [2.05, 4.69) is 38.1 Å². The van der Waals surface area contributed by atoms with Crippen molar-refractivity contribution in [2.24, 2.45) is 11.7 Å². The van der Waals surface area contributed by atoms with Crippen LogP contribution in [0.15, 0.2) is 24.3 Å². The molecule has 2 nitrogen and oxygen atoms in total. The molecule has 0 heterocycles. The molecule has 20 heavy (non-hydrogen) atoms. The van der Waals surface area contributed by atoms with Gasteiger partial charge in [0.15, 0.2) is 0 Å². The zero-order valence-corrected chi connectivity index (χ0v) is 13.0. The van der Waals surface area contributed by atoms with Crippen LogP contribution in [0, 0.1) is 12.8 Å². The molecule has 112 valence electrons. The molecule has 1 aromatic carbocycles. The van der Waals surface area contributed by atoms with Crippen LogP contribution in [-0.2, 0) is 11.2 Å². The maximum absolute atomic E-state index is 6.48. The summed E-state index contributed by atoms with van der Waals surface area (Å²) >= 11 is 0. The van der Waals surface area contributed by atoms with Crippen molar-refractivity contribution in [1.82, 2.24) is 0 Å². The fourth-order valence-electron chi connectivity index (χ4n) is 3.38. The van der Waals surface area contributed by atoms with Gasteiger partial charge in [-0.3, -0.25) is 0 Å². The Morgan fingerprint density at radius 1 is 1.15 bits per heavy atom. The molecule has 0 aromatic heterocycles. The van der Waals surface area contributed by atoms with Crippen LogP contribution in [0.1, 0.15) is 50.2 Å². The normalized spacial score (nSPS) is 19.8. The molecule has 0 radical (unpaired) electrons. The first-order valence-corrected chi connectivity index (χ1v) is 8.13. The van der Waals surface area contributed by atoms with Crippen molar-refractivity contribution >= 4 is 0 Å². The van der Waals surface area contributed by atoms with Gasteiger partial charge in [0.25, 0.3) is 0 Å². The number of hydrogen-bond donors (Lipinski definition) is 1. The van der Waals surface area contributed by atoms with Crippen molar-refractivity contribution in [2.45, 2.75) is 64.5 Å². The lowest BCUT2D eigenvalue weighted by Gasteiger charge is -2.34. The van der Waals surface area contributed by atoms with Crippen molar-refractivity contribution in [3.05, 3.63) is 35.4 Å². The minimum Gasteiger partial charge on any atom is -0.377 e. The minimum atomic E-state index is 0.112. The van der Waals surface area contributed by atoms with Gasteiger partial charge in [0, 0.05) is 12.6 Å². The molecule has 0 saturated heterocycles. The first-order valence-electron chi connectivity index (χ1n) is 8.13. The predicted molar refractivity (Wildman–Crippen MR) is 84.8 cm³/mol. The SMILES string of the molecule is CCOC(C(N)Cc1ccc(C)cc1)C1CCCCC1. The third-order valence-electron chi connectivity index (χ3n) is 4.49. The predicted octanol–water partition coefficient (Wildman–Crippen LogP) is 3.85. The average molecular weight is 275 g/mol. The van der Waals surface area contributed by atoms with Crippen LogP contribution in [0.25, 0.3) is 0 Å². The Bertz CT molecular complexity index is 381. The Hall–Kier alpha value is -0.860. The van der Waals surface area contributed by atoms with E-state index < -0.39 is 0 Å². The van der Waals surface area contributed by atoms with E-state index in [0.717, 1.165) is 13.0 Å². The summed E-state index contributed by atoms with van der Waals surface area (Å²) in [5.41, 5.74) is 9.10. The minimum absolute atomic E-state index is 0.112. The first kappa shape index (κ1) is 15.5. The standard InChI is InChI=1S/C18H29NO/c1-3-20-18(16-7-5-4-6-8-16)17(19)13-15-11-9-14(2)10-12-15/h9-12,16-18H,3-8,13,19H2,1-2H3. The summed E-state index contributed by atoms with van der Waals surface area (Å²) in [5, 5.41) is 0. The van der Waals surface area contributed by atoms with E-state index in [1.165, 1.54) is 43.2 Å². The summed E-state index contributed by atoms with van der Waals surface area (Å²) in [6.07, 6.45) is 7.76. The highest BCUT2D eigenvalue weighted by atomic mass is 16.5. The van der Waals surface area contributed by atoms with E-state index in [1.807, 2.05) is 0 Å². The second-order valence-electron chi connectivity index (χ2n) is 6.17. The fraction of sp³-hybridized carbons (Fsp3) is 0.667. The summed E-state index contributed by atoms with van der Waals surface area (Å²) in [6.45, 7) is 4.96. The zero-order chi connectivity index (χ0) is 14.4. The Labute approximate surface area is 123 Å². The zero-order valence-electron chi connectivity index (χ0n) is 13.0. The molecule has 2 unspecified atom stereocenters. The summed E-state index contributed by atoms with van der Waals surface area (Å²) in [7, 11) is 0. The van der Waals surface area contributed by atoms with Crippen molar-refractivity contribution in [2.75, 3.05) is 6.61 Å². The largest absolute Gasteiger partial charge is 0.377 e. The number of aryl methyl sites for hydroxylation is 1. The van der Waals surface area contributed by atoms with E-state index in [4.69, 9.17) is 10.5 Å². The van der Waals surface area contributed by atoms with Crippen LogP contribution in [0.3, 0.4) is 0 Å². The summed E-state index contributed by atoms with van der Waals surface area (Å²) in [5.74, 6) is 0.657. The van der Waals surface area contributed by atoms with E-state index in [9.17, 15) is 0 Å². The van der Waals surface area contributed by atoms with Gasteiger partial charge < -0.3 is 10.5 Å². The van der Waals surface area contributed by atoms with Crippen molar-refractivity contribution in [3.8, 4) is 0 Å². The molecule has 0 amide bonds. The van der Waals surface area contributed by atoms with E-state index >= 15 is 0 Å². The Balaban J connectivity index is 1.98. The van der Waals surface area contributed by atoms with E-state index in [0.29, 0.717) is 5.92 Å². The topological polar surface area (TPSA) is 35.2 Å². The Morgan fingerprint density at radius 3 is 2.40 bits per heavy atom. The molecule has 2 rings (SSSR count). The molecular formula is C18H29NO. The third-order valence-corrected chi connectivity index (χ3v) is 4.49. The van der Waals surface area contributed by atoms with Crippen molar-refractivity contribution in [3.63, 3.8) is 0 Å².